The van der Waals surface area contributed by atoms with Gasteiger partial charge in [0.25, 0.3) is 0 Å². The SMILES string of the molecule is NCC1(C(F)F)CCCCCC1. The molecular weight excluding hydrogens is 160 g/mol. The quantitative estimate of drug-likeness (QED) is 0.644. The van der Waals surface area contributed by atoms with Gasteiger partial charge in [0.15, 0.2) is 0 Å². The third-order valence-electron chi connectivity index (χ3n) is 2.97. The van der Waals surface area contributed by atoms with Crippen LogP contribution in [-0.4, -0.2) is 13.0 Å². The standard InChI is InChI=1S/C9H17F2N/c10-8(11)9(7-12)5-3-1-2-4-6-9/h8H,1-7,12H2. The Morgan fingerprint density at radius 3 is 1.92 bits per heavy atom. The Morgan fingerprint density at radius 2 is 1.58 bits per heavy atom. The maximum Gasteiger partial charge on any atom is 0.245 e. The molecule has 0 aromatic rings. The molecule has 1 rings (SSSR count). The molecule has 12 heavy (non-hydrogen) atoms. The molecule has 0 heterocycles. The summed E-state index contributed by atoms with van der Waals surface area (Å²) in [4.78, 5) is 0. The Hall–Kier alpha value is -0.180. The summed E-state index contributed by atoms with van der Waals surface area (Å²) in [6.45, 7) is 0.144. The van der Waals surface area contributed by atoms with E-state index in [1.54, 1.807) is 0 Å². The largest absolute Gasteiger partial charge is 0.330 e. The zero-order valence-electron chi connectivity index (χ0n) is 7.36. The molecule has 0 atom stereocenters. The van der Waals surface area contributed by atoms with Gasteiger partial charge in [0.05, 0.1) is 0 Å². The van der Waals surface area contributed by atoms with Gasteiger partial charge in [0.2, 0.25) is 6.43 Å². The minimum atomic E-state index is -2.24. The van der Waals surface area contributed by atoms with Gasteiger partial charge in [0.1, 0.15) is 0 Å². The second-order valence-corrected chi connectivity index (χ2v) is 3.78. The first kappa shape index (κ1) is 9.90. The number of rotatable bonds is 2. The lowest BCUT2D eigenvalue weighted by atomic mass is 9.81. The normalized spacial score (nSPS) is 24.0. The molecule has 0 radical (unpaired) electrons. The van der Waals surface area contributed by atoms with E-state index in [1.807, 2.05) is 0 Å². The van der Waals surface area contributed by atoms with Crippen molar-refractivity contribution in [2.45, 2.75) is 45.0 Å². The highest BCUT2D eigenvalue weighted by molar-refractivity contribution is 4.84. The van der Waals surface area contributed by atoms with Crippen molar-refractivity contribution >= 4 is 0 Å². The van der Waals surface area contributed by atoms with Crippen LogP contribution in [0.5, 0.6) is 0 Å². The molecule has 72 valence electrons. The number of hydrogen-bond acceptors (Lipinski definition) is 1. The van der Waals surface area contributed by atoms with Crippen LogP contribution in [0.4, 0.5) is 8.78 Å². The number of alkyl halides is 2. The molecule has 1 nitrogen and oxygen atoms in total. The molecule has 1 aliphatic rings. The third-order valence-corrected chi connectivity index (χ3v) is 2.97. The molecule has 1 saturated carbocycles. The predicted octanol–water partition coefficient (Wildman–Crippen LogP) is 2.55. The van der Waals surface area contributed by atoms with E-state index in [-0.39, 0.29) is 6.54 Å². The molecule has 3 heteroatoms. The van der Waals surface area contributed by atoms with Crippen molar-refractivity contribution in [1.82, 2.24) is 0 Å². The second kappa shape index (κ2) is 4.17. The first-order chi connectivity index (χ1) is 5.71. The summed E-state index contributed by atoms with van der Waals surface area (Å²) >= 11 is 0. The van der Waals surface area contributed by atoms with Gasteiger partial charge >= 0.3 is 0 Å². The Balaban J connectivity index is 2.61. The molecule has 1 fully saturated rings. The van der Waals surface area contributed by atoms with Crippen molar-refractivity contribution in [3.8, 4) is 0 Å². The molecule has 0 saturated heterocycles. The topological polar surface area (TPSA) is 26.0 Å². The fourth-order valence-corrected chi connectivity index (χ4v) is 1.94. The highest BCUT2D eigenvalue weighted by atomic mass is 19.3. The smallest absolute Gasteiger partial charge is 0.245 e. The third kappa shape index (κ3) is 1.94. The summed E-state index contributed by atoms with van der Waals surface area (Å²) in [6, 6.07) is 0. The highest BCUT2D eigenvalue weighted by Crippen LogP contribution is 2.39. The monoisotopic (exact) mass is 177 g/mol. The molecule has 0 aromatic heterocycles. The van der Waals surface area contributed by atoms with Gasteiger partial charge in [-0.2, -0.15) is 0 Å². The molecule has 1 aliphatic carbocycles. The first-order valence-electron chi connectivity index (χ1n) is 4.69. The van der Waals surface area contributed by atoms with E-state index >= 15 is 0 Å². The lowest BCUT2D eigenvalue weighted by Crippen LogP contribution is -2.37. The Morgan fingerprint density at radius 1 is 1.08 bits per heavy atom. The summed E-state index contributed by atoms with van der Waals surface area (Å²) in [6.07, 6.45) is 3.01. The van der Waals surface area contributed by atoms with Gasteiger partial charge in [-0.15, -0.1) is 0 Å². The lowest BCUT2D eigenvalue weighted by Gasteiger charge is -2.30. The molecule has 0 aromatic carbocycles. The average Bonchev–Trinajstić information content (AvgIpc) is 2.29. The van der Waals surface area contributed by atoms with E-state index < -0.39 is 11.8 Å². The van der Waals surface area contributed by atoms with E-state index in [0.29, 0.717) is 12.8 Å². The zero-order valence-corrected chi connectivity index (χ0v) is 7.36. The number of halogens is 2. The summed E-state index contributed by atoms with van der Waals surface area (Å²) in [5.41, 5.74) is 4.58. The van der Waals surface area contributed by atoms with E-state index in [9.17, 15) is 8.78 Å². The average molecular weight is 177 g/mol. The highest BCUT2D eigenvalue weighted by Gasteiger charge is 2.38. The molecule has 0 spiro atoms. The van der Waals surface area contributed by atoms with Crippen molar-refractivity contribution in [1.29, 1.82) is 0 Å². The summed E-state index contributed by atoms with van der Waals surface area (Å²) in [5, 5.41) is 0. The summed E-state index contributed by atoms with van der Waals surface area (Å²) in [5.74, 6) is 0. The van der Waals surface area contributed by atoms with Crippen molar-refractivity contribution in [3.05, 3.63) is 0 Å². The molecule has 0 amide bonds. The minimum Gasteiger partial charge on any atom is -0.330 e. The van der Waals surface area contributed by atoms with E-state index in [2.05, 4.69) is 0 Å². The predicted molar refractivity (Wildman–Crippen MR) is 45.2 cm³/mol. The van der Waals surface area contributed by atoms with Crippen molar-refractivity contribution in [2.24, 2.45) is 11.1 Å². The zero-order chi connectivity index (χ0) is 9.03. The van der Waals surface area contributed by atoms with Gasteiger partial charge in [-0.3, -0.25) is 0 Å². The van der Waals surface area contributed by atoms with Gasteiger partial charge in [0, 0.05) is 12.0 Å². The fraction of sp³-hybridized carbons (Fsp3) is 1.00. The Bertz CT molecular complexity index is 128. The Labute approximate surface area is 72.3 Å². The van der Waals surface area contributed by atoms with Crippen molar-refractivity contribution in [2.75, 3.05) is 6.54 Å². The minimum absolute atomic E-state index is 0.144. The van der Waals surface area contributed by atoms with Crippen LogP contribution in [0.15, 0.2) is 0 Å². The van der Waals surface area contributed by atoms with Gasteiger partial charge in [-0.1, -0.05) is 25.7 Å². The Kier molecular flexibility index (Phi) is 3.44. The van der Waals surface area contributed by atoms with Gasteiger partial charge < -0.3 is 5.73 Å². The molecule has 0 unspecified atom stereocenters. The van der Waals surface area contributed by atoms with Crippen LogP contribution in [0.2, 0.25) is 0 Å². The van der Waals surface area contributed by atoms with Crippen molar-refractivity contribution in [3.63, 3.8) is 0 Å². The van der Waals surface area contributed by atoms with Crippen LogP contribution in [0.25, 0.3) is 0 Å². The van der Waals surface area contributed by atoms with Crippen LogP contribution in [0.1, 0.15) is 38.5 Å². The van der Waals surface area contributed by atoms with Crippen LogP contribution in [0, 0.1) is 5.41 Å². The number of nitrogens with two attached hydrogens (primary N) is 1. The molecule has 0 bridgehead atoms. The number of hydrogen-bond donors (Lipinski definition) is 1. The van der Waals surface area contributed by atoms with E-state index in [1.165, 1.54) is 0 Å². The maximum absolute atomic E-state index is 12.7. The second-order valence-electron chi connectivity index (χ2n) is 3.78. The van der Waals surface area contributed by atoms with Gasteiger partial charge in [-0.05, 0) is 12.8 Å². The van der Waals surface area contributed by atoms with Crippen molar-refractivity contribution < 1.29 is 8.78 Å². The lowest BCUT2D eigenvalue weighted by molar-refractivity contribution is -0.0102. The summed E-state index contributed by atoms with van der Waals surface area (Å²) in [7, 11) is 0. The van der Waals surface area contributed by atoms with Crippen LogP contribution >= 0.6 is 0 Å². The first-order valence-corrected chi connectivity index (χ1v) is 4.69. The molecule has 2 N–H and O–H groups in total. The van der Waals surface area contributed by atoms with E-state index in [4.69, 9.17) is 5.73 Å². The van der Waals surface area contributed by atoms with Crippen LogP contribution < -0.4 is 5.73 Å². The molecular formula is C9H17F2N. The van der Waals surface area contributed by atoms with Crippen LogP contribution in [0.3, 0.4) is 0 Å². The van der Waals surface area contributed by atoms with Crippen LogP contribution in [-0.2, 0) is 0 Å². The van der Waals surface area contributed by atoms with Gasteiger partial charge in [-0.25, -0.2) is 8.78 Å². The fourth-order valence-electron chi connectivity index (χ4n) is 1.94. The molecule has 0 aliphatic heterocycles. The van der Waals surface area contributed by atoms with E-state index in [0.717, 1.165) is 25.7 Å². The summed E-state index contributed by atoms with van der Waals surface area (Å²) < 4.78 is 25.4. The maximum atomic E-state index is 12.7.